The summed E-state index contributed by atoms with van der Waals surface area (Å²) in [6.45, 7) is 1.88. The maximum absolute atomic E-state index is 12.3. The summed E-state index contributed by atoms with van der Waals surface area (Å²) in [5.74, 6) is 0.484. The predicted octanol–water partition coefficient (Wildman–Crippen LogP) is -0.0730. The van der Waals surface area contributed by atoms with E-state index in [2.05, 4.69) is 10.6 Å². The van der Waals surface area contributed by atoms with Gasteiger partial charge in [-0.05, 0) is 25.3 Å². The van der Waals surface area contributed by atoms with Crippen LogP contribution in [0.3, 0.4) is 0 Å². The average Bonchev–Trinajstić information content (AvgIpc) is 2.71. The van der Waals surface area contributed by atoms with Crippen molar-refractivity contribution in [1.82, 2.24) is 10.6 Å². The minimum Gasteiger partial charge on any atom is -0.355 e. The molecule has 0 aromatic rings. The molecule has 1 heterocycles. The van der Waals surface area contributed by atoms with Crippen molar-refractivity contribution in [2.45, 2.75) is 25.7 Å². The molecule has 2 atom stereocenters. The molecule has 0 aromatic heterocycles. The van der Waals surface area contributed by atoms with Crippen LogP contribution in [0.1, 0.15) is 25.7 Å². The lowest BCUT2D eigenvalue weighted by Crippen LogP contribution is -2.48. The first-order valence-corrected chi connectivity index (χ1v) is 8.67. The largest absolute Gasteiger partial charge is 0.355 e. The third-order valence-corrected chi connectivity index (χ3v) is 5.19. The lowest BCUT2D eigenvalue weighted by molar-refractivity contribution is -0.133. The van der Waals surface area contributed by atoms with E-state index in [1.54, 1.807) is 0 Å². The van der Waals surface area contributed by atoms with Crippen LogP contribution in [-0.2, 0) is 14.6 Å². The van der Waals surface area contributed by atoms with Gasteiger partial charge in [-0.25, -0.2) is 8.42 Å². The van der Waals surface area contributed by atoms with E-state index >= 15 is 0 Å². The lowest BCUT2D eigenvalue weighted by Gasteiger charge is -2.37. The minimum atomic E-state index is -3.01. The fourth-order valence-corrected chi connectivity index (χ4v) is 3.69. The van der Waals surface area contributed by atoms with Crippen molar-refractivity contribution >= 4 is 15.7 Å². The van der Waals surface area contributed by atoms with E-state index in [0.717, 1.165) is 32.4 Å². The SMILES string of the molecule is CS(=O)(=O)CCNC(=O)[C@@]12CCCC[C@H]1CNC2. The lowest BCUT2D eigenvalue weighted by atomic mass is 9.67. The fraction of sp³-hybridized carbons (Fsp3) is 0.917. The number of carbonyl (C=O) groups is 1. The predicted molar refractivity (Wildman–Crippen MR) is 70.0 cm³/mol. The zero-order chi connectivity index (χ0) is 13.2. The molecule has 2 N–H and O–H groups in total. The summed E-state index contributed by atoms with van der Waals surface area (Å²) < 4.78 is 22.1. The van der Waals surface area contributed by atoms with Crippen LogP contribution in [0.5, 0.6) is 0 Å². The van der Waals surface area contributed by atoms with Crippen molar-refractivity contribution < 1.29 is 13.2 Å². The third-order valence-electron chi connectivity index (χ3n) is 4.25. The number of carbonyl (C=O) groups excluding carboxylic acids is 1. The van der Waals surface area contributed by atoms with Gasteiger partial charge in [0.15, 0.2) is 0 Å². The molecule has 0 bridgehead atoms. The van der Waals surface area contributed by atoms with Crippen LogP contribution in [-0.4, -0.2) is 46.0 Å². The van der Waals surface area contributed by atoms with Gasteiger partial charge < -0.3 is 10.6 Å². The molecule has 1 aliphatic carbocycles. The second-order valence-corrected chi connectivity index (χ2v) is 7.88. The Hall–Kier alpha value is -0.620. The van der Waals surface area contributed by atoms with Crippen molar-refractivity contribution in [2.24, 2.45) is 11.3 Å². The Labute approximate surface area is 109 Å². The topological polar surface area (TPSA) is 75.3 Å². The Bertz CT molecular complexity index is 421. The van der Waals surface area contributed by atoms with Gasteiger partial charge >= 0.3 is 0 Å². The molecule has 1 aliphatic heterocycles. The second-order valence-electron chi connectivity index (χ2n) is 5.62. The number of fused-ring (bicyclic) bond motifs is 1. The molecule has 2 rings (SSSR count). The Balaban J connectivity index is 1.94. The molecule has 0 unspecified atom stereocenters. The minimum absolute atomic E-state index is 0.0207. The van der Waals surface area contributed by atoms with Gasteiger partial charge in [0.25, 0.3) is 0 Å². The Morgan fingerprint density at radius 3 is 2.94 bits per heavy atom. The summed E-state index contributed by atoms with van der Waals surface area (Å²) in [6.07, 6.45) is 5.52. The summed E-state index contributed by atoms with van der Waals surface area (Å²) >= 11 is 0. The van der Waals surface area contributed by atoms with Crippen LogP contribution >= 0.6 is 0 Å². The monoisotopic (exact) mass is 274 g/mol. The highest BCUT2D eigenvalue weighted by molar-refractivity contribution is 7.90. The molecule has 18 heavy (non-hydrogen) atoms. The number of hydrogen-bond acceptors (Lipinski definition) is 4. The van der Waals surface area contributed by atoms with Crippen LogP contribution in [0.15, 0.2) is 0 Å². The van der Waals surface area contributed by atoms with Gasteiger partial charge in [0.1, 0.15) is 9.84 Å². The first kappa shape index (κ1) is 13.8. The highest BCUT2D eigenvalue weighted by atomic mass is 32.2. The molecule has 104 valence electrons. The number of sulfone groups is 1. The number of nitrogens with one attached hydrogen (secondary N) is 2. The van der Waals surface area contributed by atoms with E-state index in [1.807, 2.05) is 0 Å². The van der Waals surface area contributed by atoms with Crippen molar-refractivity contribution in [1.29, 1.82) is 0 Å². The first-order chi connectivity index (χ1) is 8.44. The standard InChI is InChI=1S/C12H22N2O3S/c1-18(16,17)7-6-14-11(15)12-5-3-2-4-10(12)8-13-9-12/h10,13H,2-9H2,1H3,(H,14,15)/t10-,12+/m0/s1. The molecular formula is C12H22N2O3S. The maximum Gasteiger partial charge on any atom is 0.227 e. The summed E-state index contributed by atoms with van der Waals surface area (Å²) in [6, 6.07) is 0. The zero-order valence-corrected chi connectivity index (χ0v) is 11.7. The van der Waals surface area contributed by atoms with Crippen molar-refractivity contribution in [3.63, 3.8) is 0 Å². The average molecular weight is 274 g/mol. The van der Waals surface area contributed by atoms with Crippen LogP contribution < -0.4 is 10.6 Å². The van der Waals surface area contributed by atoms with Gasteiger partial charge in [0.05, 0.1) is 11.2 Å². The molecule has 1 saturated heterocycles. The smallest absolute Gasteiger partial charge is 0.227 e. The highest BCUT2D eigenvalue weighted by Crippen LogP contribution is 2.43. The molecule has 2 fully saturated rings. The van der Waals surface area contributed by atoms with Crippen molar-refractivity contribution in [3.05, 3.63) is 0 Å². The summed E-state index contributed by atoms with van der Waals surface area (Å²) in [4.78, 5) is 12.3. The maximum atomic E-state index is 12.3. The van der Waals surface area contributed by atoms with Crippen LogP contribution in [0.25, 0.3) is 0 Å². The number of rotatable bonds is 4. The van der Waals surface area contributed by atoms with Crippen LogP contribution in [0.4, 0.5) is 0 Å². The van der Waals surface area contributed by atoms with E-state index in [9.17, 15) is 13.2 Å². The molecular weight excluding hydrogens is 252 g/mol. The van der Waals surface area contributed by atoms with Crippen molar-refractivity contribution in [2.75, 3.05) is 31.6 Å². The van der Waals surface area contributed by atoms with Gasteiger partial charge in [-0.15, -0.1) is 0 Å². The molecule has 5 nitrogen and oxygen atoms in total. The fourth-order valence-electron chi connectivity index (χ4n) is 3.22. The zero-order valence-electron chi connectivity index (χ0n) is 10.9. The second kappa shape index (κ2) is 5.17. The van der Waals surface area contributed by atoms with Gasteiger partial charge in [-0.3, -0.25) is 4.79 Å². The first-order valence-electron chi connectivity index (χ1n) is 6.61. The van der Waals surface area contributed by atoms with Crippen LogP contribution in [0, 0.1) is 11.3 Å². The molecule has 1 saturated carbocycles. The molecule has 0 spiro atoms. The van der Waals surface area contributed by atoms with Crippen LogP contribution in [0.2, 0.25) is 0 Å². The Morgan fingerprint density at radius 2 is 2.22 bits per heavy atom. The molecule has 1 amide bonds. The summed E-state index contributed by atoms with van der Waals surface area (Å²) in [7, 11) is -3.01. The summed E-state index contributed by atoms with van der Waals surface area (Å²) in [5.41, 5.74) is -0.282. The highest BCUT2D eigenvalue weighted by Gasteiger charge is 2.49. The molecule has 2 aliphatic rings. The molecule has 0 aromatic carbocycles. The third kappa shape index (κ3) is 2.85. The van der Waals surface area contributed by atoms with Gasteiger partial charge in [-0.2, -0.15) is 0 Å². The van der Waals surface area contributed by atoms with Crippen molar-refractivity contribution in [3.8, 4) is 0 Å². The number of hydrogen-bond donors (Lipinski definition) is 2. The van der Waals surface area contributed by atoms with Gasteiger partial charge in [-0.1, -0.05) is 12.8 Å². The van der Waals surface area contributed by atoms with E-state index in [4.69, 9.17) is 0 Å². The molecule has 6 heteroatoms. The van der Waals surface area contributed by atoms with E-state index in [0.29, 0.717) is 5.92 Å². The summed E-state index contributed by atoms with van der Waals surface area (Å²) in [5, 5.41) is 6.13. The Kier molecular flexibility index (Phi) is 3.96. The van der Waals surface area contributed by atoms with Gasteiger partial charge in [0, 0.05) is 19.3 Å². The molecule has 0 radical (unpaired) electrons. The van der Waals surface area contributed by atoms with E-state index in [1.165, 1.54) is 12.7 Å². The van der Waals surface area contributed by atoms with Gasteiger partial charge in [0.2, 0.25) is 5.91 Å². The Morgan fingerprint density at radius 1 is 1.44 bits per heavy atom. The number of amides is 1. The quantitative estimate of drug-likeness (QED) is 0.752. The van der Waals surface area contributed by atoms with E-state index in [-0.39, 0.29) is 23.6 Å². The van der Waals surface area contributed by atoms with E-state index < -0.39 is 9.84 Å². The normalized spacial score (nSPS) is 31.9.